The van der Waals surface area contributed by atoms with Gasteiger partial charge in [-0.3, -0.25) is 4.79 Å². The smallest absolute Gasteiger partial charge is 0.226 e. The Morgan fingerprint density at radius 2 is 2.06 bits per heavy atom. The number of hydrogen-bond donors (Lipinski definition) is 1. The number of aryl methyl sites for hydroxylation is 2. The van der Waals surface area contributed by atoms with Crippen LogP contribution in [0.15, 0.2) is 42.7 Å². The Labute approximate surface area is 111 Å². The summed E-state index contributed by atoms with van der Waals surface area (Å²) in [6, 6.07) is 9.46. The molecule has 18 heavy (non-hydrogen) atoms. The molecule has 0 radical (unpaired) electrons. The van der Waals surface area contributed by atoms with Crippen LogP contribution in [0.5, 0.6) is 0 Å². The van der Waals surface area contributed by atoms with Crippen molar-refractivity contribution in [3.05, 3.63) is 53.3 Å². The van der Waals surface area contributed by atoms with Crippen molar-refractivity contribution in [1.82, 2.24) is 4.57 Å². The first-order chi connectivity index (χ1) is 8.65. The normalized spacial score (nSPS) is 10.3. The van der Waals surface area contributed by atoms with Crippen LogP contribution < -0.4 is 5.32 Å². The van der Waals surface area contributed by atoms with Gasteiger partial charge in [0.2, 0.25) is 5.91 Å². The first-order valence-corrected chi connectivity index (χ1v) is 6.20. The van der Waals surface area contributed by atoms with Crippen LogP contribution in [0.25, 0.3) is 0 Å². The lowest BCUT2D eigenvalue weighted by Crippen LogP contribution is -2.14. The molecule has 2 aromatic rings. The van der Waals surface area contributed by atoms with Crippen LogP contribution in [-0.2, 0) is 11.3 Å². The number of carbonyl (C=O) groups excluding carboxylic acids is 1. The molecule has 94 valence electrons. The summed E-state index contributed by atoms with van der Waals surface area (Å²) in [6.45, 7) is 2.63. The third-order valence-electron chi connectivity index (χ3n) is 2.66. The molecule has 1 aromatic heterocycles. The predicted octanol–water partition coefficient (Wildman–Crippen LogP) is 3.48. The Hall–Kier alpha value is -1.74. The maximum absolute atomic E-state index is 11.8. The lowest BCUT2D eigenvalue weighted by Gasteiger charge is -2.08. The molecular weight excluding hydrogens is 248 g/mol. The fourth-order valence-electron chi connectivity index (χ4n) is 1.68. The fourth-order valence-corrected chi connectivity index (χ4v) is 1.97. The topological polar surface area (TPSA) is 34.0 Å². The average molecular weight is 263 g/mol. The number of nitrogens with one attached hydrogen (secondary N) is 1. The molecule has 1 N–H and O–H groups in total. The second-order valence-corrected chi connectivity index (χ2v) is 4.61. The average Bonchev–Trinajstić information content (AvgIpc) is 2.83. The van der Waals surface area contributed by atoms with Crippen LogP contribution in [0.3, 0.4) is 0 Å². The number of amides is 1. The van der Waals surface area contributed by atoms with Gasteiger partial charge in [-0.05, 0) is 36.8 Å². The van der Waals surface area contributed by atoms with E-state index in [9.17, 15) is 4.79 Å². The summed E-state index contributed by atoms with van der Waals surface area (Å²) in [5.74, 6) is -0.0329. The van der Waals surface area contributed by atoms with Gasteiger partial charge >= 0.3 is 0 Å². The zero-order valence-corrected chi connectivity index (χ0v) is 10.9. The number of rotatable bonds is 4. The highest BCUT2D eigenvalue weighted by molar-refractivity contribution is 6.33. The Balaban J connectivity index is 1.91. The molecule has 1 aromatic carbocycles. The number of nitrogens with zero attached hydrogens (tertiary/aromatic N) is 1. The van der Waals surface area contributed by atoms with Crippen LogP contribution in [0.2, 0.25) is 5.02 Å². The number of benzene rings is 1. The Morgan fingerprint density at radius 3 is 2.72 bits per heavy atom. The molecule has 3 nitrogen and oxygen atoms in total. The van der Waals surface area contributed by atoms with Gasteiger partial charge in [-0.15, -0.1) is 0 Å². The van der Waals surface area contributed by atoms with Crippen LogP contribution in [-0.4, -0.2) is 10.5 Å². The molecule has 0 aliphatic carbocycles. The van der Waals surface area contributed by atoms with Crippen molar-refractivity contribution in [2.75, 3.05) is 5.32 Å². The van der Waals surface area contributed by atoms with Crippen molar-refractivity contribution in [3.8, 4) is 0 Å². The monoisotopic (exact) mass is 262 g/mol. The van der Waals surface area contributed by atoms with E-state index in [1.807, 2.05) is 54.2 Å². The van der Waals surface area contributed by atoms with Gasteiger partial charge in [0, 0.05) is 25.4 Å². The predicted molar refractivity (Wildman–Crippen MR) is 73.9 cm³/mol. The van der Waals surface area contributed by atoms with Gasteiger partial charge in [0.15, 0.2) is 0 Å². The van der Waals surface area contributed by atoms with E-state index >= 15 is 0 Å². The van der Waals surface area contributed by atoms with Crippen molar-refractivity contribution in [2.45, 2.75) is 19.9 Å². The lowest BCUT2D eigenvalue weighted by molar-refractivity contribution is -0.116. The van der Waals surface area contributed by atoms with Gasteiger partial charge < -0.3 is 9.88 Å². The number of aromatic nitrogens is 1. The van der Waals surface area contributed by atoms with Gasteiger partial charge in [0.25, 0.3) is 0 Å². The summed E-state index contributed by atoms with van der Waals surface area (Å²) >= 11 is 6.05. The van der Waals surface area contributed by atoms with Crippen LogP contribution in [0.4, 0.5) is 5.69 Å². The summed E-state index contributed by atoms with van der Waals surface area (Å²) < 4.78 is 1.97. The maximum atomic E-state index is 11.8. The molecule has 2 rings (SSSR count). The molecule has 0 spiro atoms. The minimum absolute atomic E-state index is 0.0329. The van der Waals surface area contributed by atoms with Gasteiger partial charge in [0.1, 0.15) is 0 Å². The van der Waals surface area contributed by atoms with Crippen LogP contribution >= 0.6 is 11.6 Å². The summed E-state index contributed by atoms with van der Waals surface area (Å²) in [7, 11) is 0. The van der Waals surface area contributed by atoms with Crippen molar-refractivity contribution in [3.63, 3.8) is 0 Å². The molecule has 0 saturated carbocycles. The van der Waals surface area contributed by atoms with E-state index in [2.05, 4.69) is 5.32 Å². The highest BCUT2D eigenvalue weighted by Crippen LogP contribution is 2.22. The van der Waals surface area contributed by atoms with Gasteiger partial charge in [-0.2, -0.15) is 0 Å². The zero-order valence-electron chi connectivity index (χ0n) is 10.2. The van der Waals surface area contributed by atoms with E-state index in [1.165, 1.54) is 0 Å². The Morgan fingerprint density at radius 1 is 1.33 bits per heavy atom. The molecule has 1 heterocycles. The van der Waals surface area contributed by atoms with Gasteiger partial charge in [0.05, 0.1) is 10.7 Å². The quantitative estimate of drug-likeness (QED) is 0.899. The summed E-state index contributed by atoms with van der Waals surface area (Å²) in [5, 5.41) is 3.39. The largest absolute Gasteiger partial charge is 0.354 e. The second kappa shape index (κ2) is 5.74. The van der Waals surface area contributed by atoms with E-state index in [0.29, 0.717) is 23.7 Å². The van der Waals surface area contributed by atoms with Gasteiger partial charge in [-0.25, -0.2) is 0 Å². The minimum atomic E-state index is -0.0329. The molecule has 0 bridgehead atoms. The first-order valence-electron chi connectivity index (χ1n) is 5.82. The number of halogens is 1. The molecule has 0 aliphatic heterocycles. The van der Waals surface area contributed by atoms with Crippen molar-refractivity contribution in [2.24, 2.45) is 0 Å². The molecule has 0 fully saturated rings. The van der Waals surface area contributed by atoms with Crippen molar-refractivity contribution in [1.29, 1.82) is 0 Å². The van der Waals surface area contributed by atoms with Crippen LogP contribution in [0, 0.1) is 6.92 Å². The SMILES string of the molecule is Cc1ccc(NC(=O)CCn2cccc2)c(Cl)c1. The number of hydrogen-bond acceptors (Lipinski definition) is 1. The summed E-state index contributed by atoms with van der Waals surface area (Å²) in [5.41, 5.74) is 1.74. The third-order valence-corrected chi connectivity index (χ3v) is 2.97. The van der Waals surface area contributed by atoms with Gasteiger partial charge in [-0.1, -0.05) is 17.7 Å². The molecule has 4 heteroatoms. The van der Waals surface area contributed by atoms with E-state index in [4.69, 9.17) is 11.6 Å². The summed E-state index contributed by atoms with van der Waals surface area (Å²) in [4.78, 5) is 11.8. The van der Waals surface area contributed by atoms with E-state index in [1.54, 1.807) is 0 Å². The van der Waals surface area contributed by atoms with Crippen molar-refractivity contribution < 1.29 is 4.79 Å². The molecule has 0 saturated heterocycles. The Kier molecular flexibility index (Phi) is 4.05. The molecule has 0 atom stereocenters. The van der Waals surface area contributed by atoms with E-state index in [0.717, 1.165) is 5.56 Å². The zero-order chi connectivity index (χ0) is 13.0. The highest BCUT2D eigenvalue weighted by Gasteiger charge is 2.05. The third kappa shape index (κ3) is 3.37. The minimum Gasteiger partial charge on any atom is -0.354 e. The lowest BCUT2D eigenvalue weighted by atomic mass is 10.2. The maximum Gasteiger partial charge on any atom is 0.226 e. The number of anilines is 1. The molecular formula is C14H15ClN2O. The Bertz CT molecular complexity index is 535. The standard InChI is InChI=1S/C14H15ClN2O/c1-11-4-5-13(12(15)10-11)16-14(18)6-9-17-7-2-3-8-17/h2-5,7-8,10H,6,9H2,1H3,(H,16,18). The van der Waals surface area contributed by atoms with Crippen molar-refractivity contribution >= 4 is 23.2 Å². The molecule has 0 unspecified atom stereocenters. The molecule has 1 amide bonds. The fraction of sp³-hybridized carbons (Fsp3) is 0.214. The highest BCUT2D eigenvalue weighted by atomic mass is 35.5. The summed E-state index contributed by atoms with van der Waals surface area (Å²) in [6.07, 6.45) is 4.30. The first kappa shape index (κ1) is 12.7. The second-order valence-electron chi connectivity index (χ2n) is 4.20. The molecule has 0 aliphatic rings. The van der Waals surface area contributed by atoms with E-state index < -0.39 is 0 Å². The van der Waals surface area contributed by atoms with E-state index in [-0.39, 0.29) is 5.91 Å². The number of carbonyl (C=O) groups is 1. The van der Waals surface area contributed by atoms with Crippen LogP contribution in [0.1, 0.15) is 12.0 Å².